The first-order valence-corrected chi connectivity index (χ1v) is 8.12. The van der Waals surface area contributed by atoms with Crippen LogP contribution in [0.3, 0.4) is 0 Å². The summed E-state index contributed by atoms with van der Waals surface area (Å²) in [5.74, 6) is 1.12. The topological polar surface area (TPSA) is 65.9 Å². The third-order valence-corrected chi connectivity index (χ3v) is 3.83. The molecule has 0 saturated heterocycles. The lowest BCUT2D eigenvalue weighted by atomic mass is 10.1. The van der Waals surface area contributed by atoms with E-state index in [2.05, 4.69) is 15.6 Å². The number of halogens is 2. The van der Waals surface area contributed by atoms with Gasteiger partial charge in [0.2, 0.25) is 0 Å². The Bertz CT molecular complexity index is 708. The van der Waals surface area contributed by atoms with Crippen LogP contribution in [0.2, 0.25) is 0 Å². The quantitative estimate of drug-likeness (QED) is 0.329. The minimum atomic E-state index is -0.395. The summed E-state index contributed by atoms with van der Waals surface area (Å²) in [4.78, 5) is 4.17. The van der Waals surface area contributed by atoms with Crippen LogP contribution in [0.25, 0.3) is 0 Å². The van der Waals surface area contributed by atoms with E-state index in [0.29, 0.717) is 18.1 Å². The lowest BCUT2D eigenvalue weighted by Gasteiger charge is -2.13. The number of nitrogens with one attached hydrogen (secondary N) is 2. The molecule has 2 aromatic rings. The summed E-state index contributed by atoms with van der Waals surface area (Å²) in [6, 6.07) is 12.6. The Hall–Kier alpha value is -1.87. The highest BCUT2D eigenvalue weighted by Crippen LogP contribution is 2.12. The molecular formula is C19H25FIN3O2. The molecule has 0 aliphatic rings. The van der Waals surface area contributed by atoms with Gasteiger partial charge in [-0.25, -0.2) is 4.39 Å². The van der Waals surface area contributed by atoms with Crippen molar-refractivity contribution in [2.24, 2.45) is 4.99 Å². The molecule has 2 rings (SSSR count). The maximum atomic E-state index is 13.4. The number of guanidine groups is 1. The standard InChI is InChI=1S/C19H24FN3O2.HI/c1-21-19(22-10-9-14-3-6-17(25-2)7-4-14)23-12-15-5-8-18(20)16(11-15)13-24;/h3-8,11,24H,9-10,12-13H2,1-2H3,(H2,21,22,23);1H. The molecule has 0 amide bonds. The highest BCUT2D eigenvalue weighted by Gasteiger charge is 2.04. The van der Waals surface area contributed by atoms with Gasteiger partial charge in [-0.2, -0.15) is 0 Å². The van der Waals surface area contributed by atoms with Crippen molar-refractivity contribution in [2.45, 2.75) is 19.6 Å². The van der Waals surface area contributed by atoms with Crippen LogP contribution in [-0.2, 0) is 19.6 Å². The average Bonchev–Trinajstić information content (AvgIpc) is 2.66. The lowest BCUT2D eigenvalue weighted by molar-refractivity contribution is 0.275. The highest BCUT2D eigenvalue weighted by molar-refractivity contribution is 14.0. The summed E-state index contributed by atoms with van der Waals surface area (Å²) in [6.07, 6.45) is 0.857. The Balaban J connectivity index is 0.00000338. The van der Waals surface area contributed by atoms with E-state index in [9.17, 15) is 4.39 Å². The van der Waals surface area contributed by atoms with E-state index in [0.717, 1.165) is 24.3 Å². The fraction of sp³-hybridized carbons (Fsp3) is 0.316. The van der Waals surface area contributed by atoms with Gasteiger partial charge < -0.3 is 20.5 Å². The number of rotatable bonds is 7. The first kappa shape index (κ1) is 22.2. The van der Waals surface area contributed by atoms with E-state index in [1.807, 2.05) is 24.3 Å². The third kappa shape index (κ3) is 6.80. The number of hydrogen-bond donors (Lipinski definition) is 3. The minimum Gasteiger partial charge on any atom is -0.497 e. The van der Waals surface area contributed by atoms with Crippen LogP contribution in [0, 0.1) is 5.82 Å². The molecule has 0 spiro atoms. The molecule has 0 aliphatic heterocycles. The van der Waals surface area contributed by atoms with Crippen LogP contribution in [0.1, 0.15) is 16.7 Å². The van der Waals surface area contributed by atoms with Gasteiger partial charge in [-0.15, -0.1) is 24.0 Å². The first-order chi connectivity index (χ1) is 12.2. The normalized spacial score (nSPS) is 10.8. The zero-order chi connectivity index (χ0) is 18.1. The van der Waals surface area contributed by atoms with Crippen molar-refractivity contribution in [3.8, 4) is 5.75 Å². The van der Waals surface area contributed by atoms with Crippen LogP contribution in [0.4, 0.5) is 4.39 Å². The number of benzene rings is 2. The summed E-state index contributed by atoms with van der Waals surface area (Å²) in [7, 11) is 3.35. The summed E-state index contributed by atoms with van der Waals surface area (Å²) in [5, 5.41) is 15.5. The van der Waals surface area contributed by atoms with Gasteiger partial charge in [-0.3, -0.25) is 4.99 Å². The van der Waals surface area contributed by atoms with Gasteiger partial charge in [0, 0.05) is 25.7 Å². The number of methoxy groups -OCH3 is 1. The van der Waals surface area contributed by atoms with Crippen molar-refractivity contribution in [1.82, 2.24) is 10.6 Å². The van der Waals surface area contributed by atoms with Crippen molar-refractivity contribution >= 4 is 29.9 Å². The number of aliphatic hydroxyl groups is 1. The Kier molecular flexibility index (Phi) is 9.97. The molecule has 0 bridgehead atoms. The number of aliphatic imine (C=N–C) groups is 1. The molecular weight excluding hydrogens is 448 g/mol. The van der Waals surface area contributed by atoms with Crippen LogP contribution in [-0.4, -0.2) is 31.8 Å². The monoisotopic (exact) mass is 473 g/mol. The second kappa shape index (κ2) is 11.7. The summed E-state index contributed by atoms with van der Waals surface area (Å²) in [5.41, 5.74) is 2.38. The Labute approximate surface area is 170 Å². The molecule has 0 aliphatic carbocycles. The Morgan fingerprint density at radius 3 is 2.42 bits per heavy atom. The molecule has 0 atom stereocenters. The van der Waals surface area contributed by atoms with Gasteiger partial charge in [-0.05, 0) is 41.8 Å². The number of hydrogen-bond acceptors (Lipinski definition) is 3. The molecule has 3 N–H and O–H groups in total. The van der Waals surface area contributed by atoms with Gasteiger partial charge in [-0.1, -0.05) is 18.2 Å². The van der Waals surface area contributed by atoms with Crippen molar-refractivity contribution in [3.63, 3.8) is 0 Å². The van der Waals surface area contributed by atoms with E-state index < -0.39 is 5.82 Å². The van der Waals surface area contributed by atoms with Crippen LogP contribution in [0.15, 0.2) is 47.5 Å². The van der Waals surface area contributed by atoms with Gasteiger partial charge in [0.15, 0.2) is 5.96 Å². The molecule has 0 fully saturated rings. The van der Waals surface area contributed by atoms with Gasteiger partial charge >= 0.3 is 0 Å². The lowest BCUT2D eigenvalue weighted by Crippen LogP contribution is -2.37. The predicted molar refractivity (Wildman–Crippen MR) is 113 cm³/mol. The SMILES string of the molecule is CN=C(NCCc1ccc(OC)cc1)NCc1ccc(F)c(CO)c1.I. The van der Waals surface area contributed by atoms with E-state index in [1.54, 1.807) is 26.3 Å². The second-order valence-electron chi connectivity index (χ2n) is 5.53. The van der Waals surface area contributed by atoms with E-state index >= 15 is 0 Å². The van der Waals surface area contributed by atoms with E-state index in [1.165, 1.54) is 11.6 Å². The highest BCUT2D eigenvalue weighted by atomic mass is 127. The van der Waals surface area contributed by atoms with Crippen LogP contribution in [0.5, 0.6) is 5.75 Å². The maximum Gasteiger partial charge on any atom is 0.191 e. The van der Waals surface area contributed by atoms with Crippen LogP contribution >= 0.6 is 24.0 Å². The third-order valence-electron chi connectivity index (χ3n) is 3.83. The molecule has 0 heterocycles. The summed E-state index contributed by atoms with van der Waals surface area (Å²) >= 11 is 0. The van der Waals surface area contributed by atoms with Crippen molar-refractivity contribution in [2.75, 3.05) is 20.7 Å². The number of aliphatic hydroxyl groups excluding tert-OH is 1. The molecule has 0 unspecified atom stereocenters. The largest absolute Gasteiger partial charge is 0.497 e. The molecule has 2 aromatic carbocycles. The average molecular weight is 473 g/mol. The zero-order valence-electron chi connectivity index (χ0n) is 15.0. The first-order valence-electron chi connectivity index (χ1n) is 8.12. The smallest absolute Gasteiger partial charge is 0.191 e. The van der Waals surface area contributed by atoms with Gasteiger partial charge in [0.25, 0.3) is 0 Å². The zero-order valence-corrected chi connectivity index (χ0v) is 17.3. The molecule has 26 heavy (non-hydrogen) atoms. The maximum absolute atomic E-state index is 13.4. The fourth-order valence-corrected chi connectivity index (χ4v) is 2.38. The summed E-state index contributed by atoms with van der Waals surface area (Å²) < 4.78 is 18.5. The van der Waals surface area contributed by atoms with Crippen LogP contribution < -0.4 is 15.4 Å². The van der Waals surface area contributed by atoms with Gasteiger partial charge in [0.1, 0.15) is 11.6 Å². The predicted octanol–water partition coefficient (Wildman–Crippen LogP) is 2.85. The molecule has 5 nitrogen and oxygen atoms in total. The molecule has 0 aromatic heterocycles. The van der Waals surface area contributed by atoms with E-state index in [4.69, 9.17) is 9.84 Å². The minimum absolute atomic E-state index is 0. The molecule has 142 valence electrons. The van der Waals surface area contributed by atoms with E-state index in [-0.39, 0.29) is 30.6 Å². The van der Waals surface area contributed by atoms with Gasteiger partial charge in [0.05, 0.1) is 13.7 Å². The van der Waals surface area contributed by atoms with Crippen molar-refractivity contribution in [3.05, 3.63) is 65.0 Å². The Morgan fingerprint density at radius 1 is 1.12 bits per heavy atom. The Morgan fingerprint density at radius 2 is 1.81 bits per heavy atom. The molecule has 0 saturated carbocycles. The number of nitrogens with zero attached hydrogens (tertiary/aromatic N) is 1. The molecule has 0 radical (unpaired) electrons. The summed E-state index contributed by atoms with van der Waals surface area (Å²) in [6.45, 7) is 0.918. The second-order valence-corrected chi connectivity index (χ2v) is 5.53. The fourth-order valence-electron chi connectivity index (χ4n) is 2.38. The van der Waals surface area contributed by atoms with Crippen molar-refractivity contribution in [1.29, 1.82) is 0 Å². The van der Waals surface area contributed by atoms with Crippen molar-refractivity contribution < 1.29 is 14.2 Å². The number of ether oxygens (including phenoxy) is 1. The molecule has 7 heteroatoms.